The van der Waals surface area contributed by atoms with Crippen molar-refractivity contribution in [3.63, 3.8) is 0 Å². The summed E-state index contributed by atoms with van der Waals surface area (Å²) in [5.41, 5.74) is 0. The summed E-state index contributed by atoms with van der Waals surface area (Å²) in [6.45, 7) is 4.36. The third kappa shape index (κ3) is 4.38. The van der Waals surface area contributed by atoms with E-state index in [2.05, 4.69) is 19.9 Å². The van der Waals surface area contributed by atoms with Crippen molar-refractivity contribution in [3.8, 4) is 6.07 Å². The average Bonchev–Trinajstić information content (AvgIpc) is 1.98. The minimum atomic E-state index is 0.657. The monoisotopic (exact) mass is 139 g/mol. The minimum absolute atomic E-state index is 0.657. The van der Waals surface area contributed by atoms with Crippen molar-refractivity contribution in [2.24, 2.45) is 5.92 Å². The van der Waals surface area contributed by atoms with Gasteiger partial charge in [-0.1, -0.05) is 33.1 Å². The molecule has 0 bridgehead atoms. The molecule has 0 aliphatic carbocycles. The molecule has 10 heavy (non-hydrogen) atoms. The van der Waals surface area contributed by atoms with Gasteiger partial charge in [-0.05, 0) is 12.3 Å². The Bertz CT molecular complexity index is 102. The van der Waals surface area contributed by atoms with Gasteiger partial charge in [0.25, 0.3) is 0 Å². The molecule has 0 N–H and O–H groups in total. The van der Waals surface area contributed by atoms with Gasteiger partial charge in [-0.3, -0.25) is 0 Å². The lowest BCUT2D eigenvalue weighted by molar-refractivity contribution is 0.460. The molecule has 0 aromatic rings. The molecule has 0 saturated carbocycles. The number of nitriles is 1. The molecule has 1 atom stereocenters. The van der Waals surface area contributed by atoms with E-state index in [1.54, 1.807) is 0 Å². The van der Waals surface area contributed by atoms with E-state index in [0.717, 1.165) is 12.8 Å². The summed E-state index contributed by atoms with van der Waals surface area (Å²) < 4.78 is 0. The fraction of sp³-hybridized carbons (Fsp3) is 0.889. The van der Waals surface area contributed by atoms with Gasteiger partial charge in [-0.2, -0.15) is 5.26 Å². The first-order valence-electron chi connectivity index (χ1n) is 4.22. The molecule has 1 nitrogen and oxygen atoms in total. The fourth-order valence-electron chi connectivity index (χ4n) is 1.07. The van der Waals surface area contributed by atoms with Crippen LogP contribution in [-0.2, 0) is 0 Å². The molecular weight excluding hydrogens is 122 g/mol. The highest BCUT2D eigenvalue weighted by atomic mass is 14.2. The first-order chi connectivity index (χ1) is 4.85. The molecule has 0 spiro atoms. The maximum absolute atomic E-state index is 8.42. The van der Waals surface area contributed by atoms with Gasteiger partial charge in [0.05, 0.1) is 6.07 Å². The molecule has 0 aromatic carbocycles. The number of hydrogen-bond donors (Lipinski definition) is 0. The van der Waals surface area contributed by atoms with E-state index >= 15 is 0 Å². The normalized spacial score (nSPS) is 12.5. The molecule has 1 heteroatoms. The molecule has 0 saturated heterocycles. The second kappa shape index (κ2) is 6.61. The molecule has 0 aliphatic heterocycles. The smallest absolute Gasteiger partial charge is 0.0624 e. The summed E-state index contributed by atoms with van der Waals surface area (Å²) in [4.78, 5) is 0. The van der Waals surface area contributed by atoms with Crippen LogP contribution in [0.15, 0.2) is 0 Å². The van der Waals surface area contributed by atoms with Crippen LogP contribution in [0.25, 0.3) is 0 Å². The molecule has 0 rings (SSSR count). The molecule has 0 aliphatic rings. The van der Waals surface area contributed by atoms with E-state index in [4.69, 9.17) is 5.26 Å². The number of hydrogen-bond acceptors (Lipinski definition) is 1. The number of nitrogens with zero attached hydrogens (tertiary/aromatic N) is 1. The van der Waals surface area contributed by atoms with Crippen molar-refractivity contribution in [2.45, 2.75) is 46.0 Å². The molecule has 0 fully saturated rings. The Morgan fingerprint density at radius 3 is 2.50 bits per heavy atom. The van der Waals surface area contributed by atoms with E-state index in [0.29, 0.717) is 5.92 Å². The molecule has 1 unspecified atom stereocenters. The van der Waals surface area contributed by atoms with Gasteiger partial charge in [0, 0.05) is 6.42 Å². The van der Waals surface area contributed by atoms with Crippen molar-refractivity contribution in [3.05, 3.63) is 0 Å². The lowest BCUT2D eigenvalue weighted by Gasteiger charge is -2.08. The van der Waals surface area contributed by atoms with Crippen molar-refractivity contribution in [1.82, 2.24) is 0 Å². The largest absolute Gasteiger partial charge is 0.198 e. The third-order valence-electron chi connectivity index (χ3n) is 1.92. The quantitative estimate of drug-likeness (QED) is 0.574. The summed E-state index contributed by atoms with van der Waals surface area (Å²) in [5.74, 6) is 0.657. The van der Waals surface area contributed by atoms with E-state index in [1.165, 1.54) is 19.3 Å². The van der Waals surface area contributed by atoms with Crippen LogP contribution in [-0.4, -0.2) is 0 Å². The summed E-state index contributed by atoms with van der Waals surface area (Å²) in [5, 5.41) is 8.42. The minimum Gasteiger partial charge on any atom is -0.198 e. The summed E-state index contributed by atoms with van der Waals surface area (Å²) >= 11 is 0. The predicted octanol–water partition coefficient (Wildman–Crippen LogP) is 3.12. The van der Waals surface area contributed by atoms with Gasteiger partial charge in [-0.25, -0.2) is 0 Å². The Kier molecular flexibility index (Phi) is 6.27. The van der Waals surface area contributed by atoms with Gasteiger partial charge in [0.2, 0.25) is 0 Å². The van der Waals surface area contributed by atoms with Crippen LogP contribution in [0.2, 0.25) is 0 Å². The van der Waals surface area contributed by atoms with Gasteiger partial charge >= 0.3 is 0 Å². The molecule has 0 heterocycles. The summed E-state index contributed by atoms with van der Waals surface area (Å²) in [6, 6.07) is 2.23. The average molecular weight is 139 g/mol. The van der Waals surface area contributed by atoms with Crippen molar-refractivity contribution >= 4 is 0 Å². The maximum Gasteiger partial charge on any atom is 0.0624 e. The Morgan fingerprint density at radius 2 is 2.10 bits per heavy atom. The standard InChI is InChI=1S/C9H17N/c1-3-5-6-9(4-2)7-8-10/h9H,3-7H2,1-2H3. The van der Waals surface area contributed by atoms with Gasteiger partial charge in [0.1, 0.15) is 0 Å². The zero-order valence-corrected chi connectivity index (χ0v) is 7.06. The zero-order valence-electron chi connectivity index (χ0n) is 7.06. The first-order valence-corrected chi connectivity index (χ1v) is 4.22. The van der Waals surface area contributed by atoms with Gasteiger partial charge in [-0.15, -0.1) is 0 Å². The van der Waals surface area contributed by atoms with Gasteiger partial charge in [0.15, 0.2) is 0 Å². The Labute approximate surface area is 64.1 Å². The topological polar surface area (TPSA) is 23.8 Å². The lowest BCUT2D eigenvalue weighted by atomic mass is 9.97. The second-order valence-electron chi connectivity index (χ2n) is 2.78. The van der Waals surface area contributed by atoms with Crippen LogP contribution in [0.1, 0.15) is 46.0 Å². The molecule has 0 aromatic heterocycles. The Balaban J connectivity index is 3.32. The van der Waals surface area contributed by atoms with Crippen LogP contribution in [0.3, 0.4) is 0 Å². The fourth-order valence-corrected chi connectivity index (χ4v) is 1.07. The summed E-state index contributed by atoms with van der Waals surface area (Å²) in [6.07, 6.45) is 5.67. The zero-order chi connectivity index (χ0) is 7.82. The molecule has 0 radical (unpaired) electrons. The van der Waals surface area contributed by atoms with E-state index in [9.17, 15) is 0 Å². The van der Waals surface area contributed by atoms with E-state index in [1.807, 2.05) is 0 Å². The number of rotatable bonds is 5. The SMILES string of the molecule is CCCCC(CC)CC#N. The van der Waals surface area contributed by atoms with Crippen LogP contribution in [0, 0.1) is 17.2 Å². The third-order valence-corrected chi connectivity index (χ3v) is 1.92. The highest BCUT2D eigenvalue weighted by molar-refractivity contribution is 4.74. The number of unbranched alkanes of at least 4 members (excludes halogenated alkanes) is 1. The predicted molar refractivity (Wildman–Crippen MR) is 43.5 cm³/mol. The molecular formula is C9H17N. The van der Waals surface area contributed by atoms with E-state index < -0.39 is 0 Å². The van der Waals surface area contributed by atoms with Crippen LogP contribution >= 0.6 is 0 Å². The van der Waals surface area contributed by atoms with Crippen LogP contribution in [0.4, 0.5) is 0 Å². The van der Waals surface area contributed by atoms with Crippen molar-refractivity contribution < 1.29 is 0 Å². The maximum atomic E-state index is 8.42. The first kappa shape index (κ1) is 9.49. The van der Waals surface area contributed by atoms with Crippen LogP contribution < -0.4 is 0 Å². The molecule has 58 valence electrons. The second-order valence-corrected chi connectivity index (χ2v) is 2.78. The van der Waals surface area contributed by atoms with E-state index in [-0.39, 0.29) is 0 Å². The highest BCUT2D eigenvalue weighted by Gasteiger charge is 2.03. The molecule has 0 amide bonds. The lowest BCUT2D eigenvalue weighted by Crippen LogP contribution is -1.96. The highest BCUT2D eigenvalue weighted by Crippen LogP contribution is 2.15. The van der Waals surface area contributed by atoms with Crippen molar-refractivity contribution in [2.75, 3.05) is 0 Å². The Morgan fingerprint density at radius 1 is 1.40 bits per heavy atom. The van der Waals surface area contributed by atoms with Gasteiger partial charge < -0.3 is 0 Å². The van der Waals surface area contributed by atoms with Crippen molar-refractivity contribution in [1.29, 1.82) is 5.26 Å². The summed E-state index contributed by atoms with van der Waals surface area (Å²) in [7, 11) is 0. The Hall–Kier alpha value is -0.510. The van der Waals surface area contributed by atoms with Crippen LogP contribution in [0.5, 0.6) is 0 Å².